The first kappa shape index (κ1) is 15.8. The van der Waals surface area contributed by atoms with Crippen molar-refractivity contribution in [2.75, 3.05) is 0 Å². The van der Waals surface area contributed by atoms with Gasteiger partial charge < -0.3 is 9.55 Å². The lowest BCUT2D eigenvalue weighted by molar-refractivity contribution is 0.0953. The summed E-state index contributed by atoms with van der Waals surface area (Å²) >= 11 is 0. The fourth-order valence-electron chi connectivity index (χ4n) is 2.99. The third kappa shape index (κ3) is 2.77. The van der Waals surface area contributed by atoms with Gasteiger partial charge in [-0.1, -0.05) is 30.3 Å². The number of hydrazone groups is 1. The van der Waals surface area contributed by atoms with Crippen LogP contribution in [0.5, 0.6) is 0 Å². The van der Waals surface area contributed by atoms with Crippen LogP contribution in [0, 0.1) is 0 Å². The molecule has 0 unspecified atom stereocenters. The Labute approximate surface area is 148 Å². The lowest BCUT2D eigenvalue weighted by Gasteiger charge is -2.07. The highest BCUT2D eigenvalue weighted by Crippen LogP contribution is 2.13. The highest BCUT2D eigenvalue weighted by molar-refractivity contribution is 5.98. The Bertz CT molecular complexity index is 1180. The zero-order valence-electron chi connectivity index (χ0n) is 14.1. The van der Waals surface area contributed by atoms with Crippen molar-refractivity contribution in [3.8, 4) is 0 Å². The lowest BCUT2D eigenvalue weighted by Crippen LogP contribution is -2.26. The van der Waals surface area contributed by atoms with E-state index in [0.29, 0.717) is 5.39 Å². The molecule has 0 radical (unpaired) electrons. The maximum absolute atomic E-state index is 12.5. The van der Waals surface area contributed by atoms with Crippen molar-refractivity contribution in [1.29, 1.82) is 0 Å². The highest BCUT2D eigenvalue weighted by Gasteiger charge is 2.13. The molecule has 6 heteroatoms. The van der Waals surface area contributed by atoms with Crippen molar-refractivity contribution in [2.45, 2.75) is 0 Å². The predicted octanol–water partition coefficient (Wildman–Crippen LogP) is 2.78. The second kappa shape index (κ2) is 6.33. The van der Waals surface area contributed by atoms with Gasteiger partial charge in [-0.25, -0.2) is 5.43 Å². The Morgan fingerprint density at radius 2 is 1.92 bits per heavy atom. The number of benzene rings is 2. The van der Waals surface area contributed by atoms with E-state index in [2.05, 4.69) is 15.5 Å². The topological polar surface area (TPSA) is 79.2 Å². The first-order valence-electron chi connectivity index (χ1n) is 8.13. The molecule has 0 saturated carbocycles. The van der Waals surface area contributed by atoms with Crippen molar-refractivity contribution < 1.29 is 4.79 Å². The summed E-state index contributed by atoms with van der Waals surface area (Å²) < 4.78 is 1.76. The normalized spacial score (nSPS) is 11.4. The molecule has 2 aromatic carbocycles. The summed E-state index contributed by atoms with van der Waals surface area (Å²) in [6.07, 6.45) is 3.04. The number of aromatic nitrogens is 2. The van der Waals surface area contributed by atoms with Gasteiger partial charge in [0, 0.05) is 29.5 Å². The van der Waals surface area contributed by atoms with Gasteiger partial charge in [-0.15, -0.1) is 0 Å². The molecule has 0 aliphatic heterocycles. The predicted molar refractivity (Wildman–Crippen MR) is 103 cm³/mol. The van der Waals surface area contributed by atoms with Crippen LogP contribution in [-0.4, -0.2) is 21.7 Å². The Morgan fingerprint density at radius 3 is 2.77 bits per heavy atom. The van der Waals surface area contributed by atoms with Gasteiger partial charge >= 0.3 is 0 Å². The second-order valence-corrected chi connectivity index (χ2v) is 6.01. The molecule has 0 aliphatic carbocycles. The fourth-order valence-corrected chi connectivity index (χ4v) is 2.99. The number of H-pyrrole nitrogens is 1. The van der Waals surface area contributed by atoms with Gasteiger partial charge in [0.25, 0.3) is 5.91 Å². The highest BCUT2D eigenvalue weighted by atomic mass is 16.2. The number of carbonyl (C=O) groups is 1. The first-order chi connectivity index (χ1) is 12.6. The molecule has 0 atom stereocenters. The molecule has 0 fully saturated rings. The molecule has 0 aliphatic rings. The molecule has 4 rings (SSSR count). The number of rotatable bonds is 3. The van der Waals surface area contributed by atoms with Crippen molar-refractivity contribution in [3.63, 3.8) is 0 Å². The van der Waals surface area contributed by atoms with Gasteiger partial charge in [-0.05, 0) is 24.3 Å². The fraction of sp³-hybridized carbons (Fsp3) is 0.0500. The van der Waals surface area contributed by atoms with Crippen LogP contribution in [0.15, 0.2) is 70.7 Å². The van der Waals surface area contributed by atoms with Gasteiger partial charge in [-0.2, -0.15) is 5.10 Å². The standard InChI is InChI=1S/C20H16N4O2/c1-24-12-16(19(25)15-7-3-5-9-18(15)24)20(26)23-21-11-14-10-13-6-2-4-8-17(13)22-14/h2-12,22H,1H3,(H,23,26)/b21-11+. The molecule has 2 aromatic heterocycles. The number of para-hydroxylation sites is 2. The van der Waals surface area contributed by atoms with E-state index in [1.54, 1.807) is 23.7 Å². The van der Waals surface area contributed by atoms with Gasteiger partial charge in [0.2, 0.25) is 5.43 Å². The number of aryl methyl sites for hydroxylation is 1. The van der Waals surface area contributed by atoms with Gasteiger partial charge in [0.15, 0.2) is 0 Å². The quantitative estimate of drug-likeness (QED) is 0.443. The number of amides is 1. The number of aromatic amines is 1. The first-order valence-corrected chi connectivity index (χ1v) is 8.13. The Kier molecular flexibility index (Phi) is 3.85. The van der Waals surface area contributed by atoms with E-state index < -0.39 is 5.91 Å². The minimum Gasteiger partial charge on any atom is -0.354 e. The number of nitrogens with one attached hydrogen (secondary N) is 2. The summed E-state index contributed by atoms with van der Waals surface area (Å²) in [7, 11) is 1.80. The largest absolute Gasteiger partial charge is 0.354 e. The molecule has 128 valence electrons. The van der Waals surface area contributed by atoms with Gasteiger partial charge in [0.05, 0.1) is 17.4 Å². The zero-order chi connectivity index (χ0) is 18.1. The summed E-state index contributed by atoms with van der Waals surface area (Å²) in [6, 6.07) is 17.0. The molecule has 1 amide bonds. The van der Waals surface area contributed by atoms with E-state index in [0.717, 1.165) is 22.1 Å². The van der Waals surface area contributed by atoms with Crippen LogP contribution in [0.1, 0.15) is 16.1 Å². The zero-order valence-corrected chi connectivity index (χ0v) is 14.1. The SMILES string of the molecule is Cn1cc(C(=O)N/N=C/c2cc3ccccc3[nH]2)c(=O)c2ccccc21. The lowest BCUT2D eigenvalue weighted by atomic mass is 10.1. The monoisotopic (exact) mass is 344 g/mol. The van der Waals surface area contributed by atoms with Crippen LogP contribution < -0.4 is 10.9 Å². The maximum atomic E-state index is 12.5. The van der Waals surface area contributed by atoms with Crippen LogP contribution >= 0.6 is 0 Å². The number of hydrogen-bond donors (Lipinski definition) is 2. The molecule has 26 heavy (non-hydrogen) atoms. The molecule has 2 heterocycles. The Balaban J connectivity index is 1.59. The minimum absolute atomic E-state index is 0.0556. The average Bonchev–Trinajstić information content (AvgIpc) is 3.07. The van der Waals surface area contributed by atoms with E-state index in [1.807, 2.05) is 42.5 Å². The third-order valence-electron chi connectivity index (χ3n) is 4.26. The molecular weight excluding hydrogens is 328 g/mol. The molecule has 0 spiro atoms. The van der Waals surface area contributed by atoms with E-state index in [1.165, 1.54) is 12.4 Å². The summed E-state index contributed by atoms with van der Waals surface area (Å²) in [5.41, 5.74) is 4.69. The number of nitrogens with zero attached hydrogens (tertiary/aromatic N) is 2. The van der Waals surface area contributed by atoms with Crippen LogP contribution in [0.3, 0.4) is 0 Å². The third-order valence-corrected chi connectivity index (χ3v) is 4.26. The van der Waals surface area contributed by atoms with Crippen LogP contribution in [0.25, 0.3) is 21.8 Å². The number of hydrogen-bond acceptors (Lipinski definition) is 3. The summed E-state index contributed by atoms with van der Waals surface area (Å²) in [6.45, 7) is 0. The molecule has 0 bridgehead atoms. The van der Waals surface area contributed by atoms with Crippen LogP contribution in [-0.2, 0) is 7.05 Å². The maximum Gasteiger partial charge on any atom is 0.276 e. The number of pyridine rings is 1. The minimum atomic E-state index is -0.538. The van der Waals surface area contributed by atoms with Gasteiger partial charge in [-0.3, -0.25) is 9.59 Å². The van der Waals surface area contributed by atoms with Crippen molar-refractivity contribution in [1.82, 2.24) is 15.0 Å². The van der Waals surface area contributed by atoms with Crippen LogP contribution in [0.2, 0.25) is 0 Å². The number of fused-ring (bicyclic) bond motifs is 2. The van der Waals surface area contributed by atoms with Crippen molar-refractivity contribution in [2.24, 2.45) is 12.1 Å². The molecule has 2 N–H and O–H groups in total. The smallest absolute Gasteiger partial charge is 0.276 e. The summed E-state index contributed by atoms with van der Waals surface area (Å²) in [4.78, 5) is 28.1. The average molecular weight is 344 g/mol. The molecular formula is C20H16N4O2. The second-order valence-electron chi connectivity index (χ2n) is 6.01. The van der Waals surface area contributed by atoms with Crippen molar-refractivity contribution >= 4 is 33.9 Å². The van der Waals surface area contributed by atoms with Crippen LogP contribution in [0.4, 0.5) is 0 Å². The van der Waals surface area contributed by atoms with E-state index in [-0.39, 0.29) is 11.0 Å². The Hall–Kier alpha value is -3.67. The molecule has 0 saturated heterocycles. The molecule has 6 nitrogen and oxygen atoms in total. The van der Waals surface area contributed by atoms with E-state index in [4.69, 9.17) is 0 Å². The van der Waals surface area contributed by atoms with E-state index in [9.17, 15) is 9.59 Å². The molecule has 4 aromatic rings. The van der Waals surface area contributed by atoms with Gasteiger partial charge in [0.1, 0.15) is 5.56 Å². The summed E-state index contributed by atoms with van der Waals surface area (Å²) in [5, 5.41) is 5.52. The van der Waals surface area contributed by atoms with E-state index >= 15 is 0 Å². The van der Waals surface area contributed by atoms with Crippen molar-refractivity contribution in [3.05, 3.63) is 82.3 Å². The summed E-state index contributed by atoms with van der Waals surface area (Å²) in [5.74, 6) is -0.538. The Morgan fingerprint density at radius 1 is 1.15 bits per heavy atom. The number of carbonyl (C=O) groups excluding carboxylic acids is 1.